The Morgan fingerprint density at radius 2 is 1.90 bits per heavy atom. The van der Waals surface area contributed by atoms with Crippen molar-refractivity contribution in [2.75, 3.05) is 48.1 Å². The van der Waals surface area contributed by atoms with Crippen LogP contribution in [0, 0.1) is 0 Å². The van der Waals surface area contributed by atoms with Crippen LogP contribution in [-0.2, 0) is 6.42 Å². The maximum atomic E-state index is 5.54. The number of benzene rings is 2. The van der Waals surface area contributed by atoms with Gasteiger partial charge < -0.3 is 29.7 Å². The van der Waals surface area contributed by atoms with Crippen molar-refractivity contribution in [3.63, 3.8) is 0 Å². The lowest BCUT2D eigenvalue weighted by atomic mass is 10.0. The van der Waals surface area contributed by atoms with Gasteiger partial charge in [0.25, 0.3) is 0 Å². The summed E-state index contributed by atoms with van der Waals surface area (Å²) >= 11 is 0. The van der Waals surface area contributed by atoms with E-state index in [9.17, 15) is 0 Å². The number of para-hydroxylation sites is 1. The summed E-state index contributed by atoms with van der Waals surface area (Å²) in [6.45, 7) is 1.77. The second kappa shape index (κ2) is 11.8. The molecule has 0 aromatic heterocycles. The third-order valence-electron chi connectivity index (χ3n) is 4.95. The number of likely N-dealkylation sites (N-methyl/N-ethyl adjacent to an activating group) is 1. The highest BCUT2D eigenvalue weighted by Crippen LogP contribution is 2.32. The molecule has 1 aliphatic rings. The molecule has 1 aliphatic heterocycles. The molecule has 0 spiro atoms. The molecule has 0 fully saturated rings. The number of aliphatic imine (C=N–C) groups is 1. The highest BCUT2D eigenvalue weighted by Gasteiger charge is 2.18. The zero-order valence-electron chi connectivity index (χ0n) is 18.0. The highest BCUT2D eigenvalue weighted by molar-refractivity contribution is 14.0. The number of fused-ring (bicyclic) bond motifs is 1. The Morgan fingerprint density at radius 1 is 1.13 bits per heavy atom. The topological polar surface area (TPSA) is 67.4 Å². The lowest BCUT2D eigenvalue weighted by Gasteiger charge is -2.27. The Bertz CT molecular complexity index is 845. The van der Waals surface area contributed by atoms with Gasteiger partial charge in [0.2, 0.25) is 6.79 Å². The van der Waals surface area contributed by atoms with Gasteiger partial charge in [-0.2, -0.15) is 0 Å². The van der Waals surface area contributed by atoms with Gasteiger partial charge in [-0.05, 0) is 44.3 Å². The number of ether oxygens (including phenoxy) is 3. The third kappa shape index (κ3) is 6.15. The van der Waals surface area contributed by atoms with Gasteiger partial charge in [-0.25, -0.2) is 0 Å². The summed E-state index contributed by atoms with van der Waals surface area (Å²) < 4.78 is 16.3. The fraction of sp³-hybridized carbons (Fsp3) is 0.409. The SMILES string of the molecule is CN=C(NCCc1ccc2c(c1)OCO2)NCC(c1ccccc1OC)N(C)C.I. The average molecular weight is 526 g/mol. The van der Waals surface area contributed by atoms with E-state index in [0.29, 0.717) is 13.3 Å². The molecular weight excluding hydrogens is 495 g/mol. The normalized spacial score (nSPS) is 13.6. The number of halogens is 1. The fourth-order valence-corrected chi connectivity index (χ4v) is 3.35. The van der Waals surface area contributed by atoms with E-state index >= 15 is 0 Å². The zero-order chi connectivity index (χ0) is 20.6. The van der Waals surface area contributed by atoms with Crippen LogP contribution in [0.5, 0.6) is 17.2 Å². The van der Waals surface area contributed by atoms with E-state index in [2.05, 4.69) is 46.8 Å². The molecule has 0 bridgehead atoms. The molecule has 0 saturated heterocycles. The van der Waals surface area contributed by atoms with E-state index in [4.69, 9.17) is 14.2 Å². The van der Waals surface area contributed by atoms with Gasteiger partial charge in [-0.1, -0.05) is 24.3 Å². The quantitative estimate of drug-likeness (QED) is 0.313. The van der Waals surface area contributed by atoms with E-state index in [1.54, 1.807) is 14.2 Å². The van der Waals surface area contributed by atoms with Crippen LogP contribution in [0.3, 0.4) is 0 Å². The van der Waals surface area contributed by atoms with Crippen LogP contribution < -0.4 is 24.8 Å². The van der Waals surface area contributed by atoms with E-state index in [-0.39, 0.29) is 30.0 Å². The summed E-state index contributed by atoms with van der Waals surface area (Å²) in [5, 5.41) is 6.80. The second-order valence-corrected chi connectivity index (χ2v) is 7.04. The van der Waals surface area contributed by atoms with Crippen molar-refractivity contribution >= 4 is 29.9 Å². The minimum absolute atomic E-state index is 0. The summed E-state index contributed by atoms with van der Waals surface area (Å²) in [5.41, 5.74) is 2.33. The molecule has 0 aliphatic carbocycles. The predicted octanol–water partition coefficient (Wildman–Crippen LogP) is 3.05. The summed E-state index contributed by atoms with van der Waals surface area (Å²) in [4.78, 5) is 6.52. The van der Waals surface area contributed by atoms with Crippen molar-refractivity contribution in [1.29, 1.82) is 0 Å². The lowest BCUT2D eigenvalue weighted by Crippen LogP contribution is -2.42. The van der Waals surface area contributed by atoms with E-state index in [0.717, 1.165) is 41.7 Å². The molecule has 0 saturated carbocycles. The Kier molecular flexibility index (Phi) is 9.51. The molecule has 0 radical (unpaired) electrons. The number of hydrogen-bond donors (Lipinski definition) is 2. The fourth-order valence-electron chi connectivity index (χ4n) is 3.35. The summed E-state index contributed by atoms with van der Waals surface area (Å²) in [6.07, 6.45) is 0.862. The molecule has 2 aromatic carbocycles. The number of hydrogen-bond acceptors (Lipinski definition) is 5. The van der Waals surface area contributed by atoms with E-state index < -0.39 is 0 Å². The first-order valence-electron chi connectivity index (χ1n) is 9.74. The minimum Gasteiger partial charge on any atom is -0.496 e. The van der Waals surface area contributed by atoms with Gasteiger partial charge in [0.05, 0.1) is 13.2 Å². The van der Waals surface area contributed by atoms with Crippen LogP contribution in [-0.4, -0.2) is 59.0 Å². The number of nitrogens with one attached hydrogen (secondary N) is 2. The molecule has 8 heteroatoms. The van der Waals surface area contributed by atoms with Gasteiger partial charge in [-0.15, -0.1) is 24.0 Å². The first-order chi connectivity index (χ1) is 14.1. The second-order valence-electron chi connectivity index (χ2n) is 7.04. The van der Waals surface area contributed by atoms with E-state index in [1.165, 1.54) is 5.56 Å². The van der Waals surface area contributed by atoms with Crippen LogP contribution in [0.1, 0.15) is 17.2 Å². The van der Waals surface area contributed by atoms with Crippen LogP contribution in [0.4, 0.5) is 0 Å². The van der Waals surface area contributed by atoms with Gasteiger partial charge in [0.1, 0.15) is 5.75 Å². The third-order valence-corrected chi connectivity index (χ3v) is 4.95. The van der Waals surface area contributed by atoms with Crippen molar-refractivity contribution < 1.29 is 14.2 Å². The van der Waals surface area contributed by atoms with Crippen molar-refractivity contribution in [2.45, 2.75) is 12.5 Å². The van der Waals surface area contributed by atoms with Gasteiger partial charge in [0, 0.05) is 25.7 Å². The Labute approximate surface area is 195 Å². The summed E-state index contributed by atoms with van der Waals surface area (Å²) in [7, 11) is 7.61. The van der Waals surface area contributed by atoms with Crippen LogP contribution in [0.2, 0.25) is 0 Å². The molecule has 2 aromatic rings. The Balaban J connectivity index is 0.00000320. The molecule has 0 amide bonds. The van der Waals surface area contributed by atoms with Crippen LogP contribution in [0.25, 0.3) is 0 Å². The Hall–Kier alpha value is -2.20. The van der Waals surface area contributed by atoms with Crippen LogP contribution in [0.15, 0.2) is 47.5 Å². The highest BCUT2D eigenvalue weighted by atomic mass is 127. The minimum atomic E-state index is 0. The van der Waals surface area contributed by atoms with Gasteiger partial charge in [-0.3, -0.25) is 4.99 Å². The molecule has 164 valence electrons. The van der Waals surface area contributed by atoms with Crippen molar-refractivity contribution in [1.82, 2.24) is 15.5 Å². The standard InChI is InChI=1S/C22H30N4O3.HI/c1-23-22(24-12-11-16-9-10-20-21(13-16)29-15-28-20)25-14-18(26(2)3)17-7-5-6-8-19(17)27-4;/h5-10,13,18H,11-12,14-15H2,1-4H3,(H2,23,24,25);1H. The van der Waals surface area contributed by atoms with Gasteiger partial charge >= 0.3 is 0 Å². The molecule has 7 nitrogen and oxygen atoms in total. The Morgan fingerprint density at radius 3 is 2.63 bits per heavy atom. The molecular formula is C22H31IN4O3. The smallest absolute Gasteiger partial charge is 0.231 e. The maximum Gasteiger partial charge on any atom is 0.231 e. The average Bonchev–Trinajstić information content (AvgIpc) is 3.20. The summed E-state index contributed by atoms with van der Waals surface area (Å²) in [5.74, 6) is 3.28. The van der Waals surface area contributed by atoms with Crippen LogP contribution >= 0.6 is 24.0 Å². The molecule has 3 rings (SSSR count). The van der Waals surface area contributed by atoms with Gasteiger partial charge in [0.15, 0.2) is 17.5 Å². The zero-order valence-corrected chi connectivity index (χ0v) is 20.3. The number of guanidine groups is 1. The first-order valence-corrected chi connectivity index (χ1v) is 9.74. The molecule has 1 atom stereocenters. The molecule has 1 unspecified atom stereocenters. The molecule has 30 heavy (non-hydrogen) atoms. The molecule has 1 heterocycles. The summed E-state index contributed by atoms with van der Waals surface area (Å²) in [6, 6.07) is 14.3. The van der Waals surface area contributed by atoms with Crippen molar-refractivity contribution in [3.05, 3.63) is 53.6 Å². The number of nitrogens with zero attached hydrogens (tertiary/aromatic N) is 2. The largest absolute Gasteiger partial charge is 0.496 e. The van der Waals surface area contributed by atoms with E-state index in [1.807, 2.05) is 30.3 Å². The number of rotatable bonds is 8. The molecule has 2 N–H and O–H groups in total. The number of methoxy groups -OCH3 is 1. The van der Waals surface area contributed by atoms with Crippen molar-refractivity contribution in [3.8, 4) is 17.2 Å². The maximum absolute atomic E-state index is 5.54. The first kappa shape index (κ1) is 24.1. The predicted molar refractivity (Wildman–Crippen MR) is 130 cm³/mol. The van der Waals surface area contributed by atoms with Crippen molar-refractivity contribution in [2.24, 2.45) is 4.99 Å². The lowest BCUT2D eigenvalue weighted by molar-refractivity contribution is 0.174. The monoisotopic (exact) mass is 526 g/mol.